The quantitative estimate of drug-likeness (QED) is 0.474. The number of nitrogens with zero attached hydrogens (tertiary/aromatic N) is 3. The van der Waals surface area contributed by atoms with E-state index in [-0.39, 0.29) is 41.2 Å². The van der Waals surface area contributed by atoms with Crippen LogP contribution in [-0.4, -0.2) is 47.8 Å². The van der Waals surface area contributed by atoms with Gasteiger partial charge in [0, 0.05) is 37.1 Å². The van der Waals surface area contributed by atoms with Gasteiger partial charge in [0.2, 0.25) is 16.0 Å². The van der Waals surface area contributed by atoms with Gasteiger partial charge in [0.05, 0.1) is 10.9 Å². The number of carbonyl (C=O) groups excluding carboxylic acids is 1. The smallest absolute Gasteiger partial charge is 0.545 e. The van der Waals surface area contributed by atoms with Gasteiger partial charge in [-0.15, -0.1) is 0 Å². The molecule has 150 valence electrons. The third kappa shape index (κ3) is 4.81. The summed E-state index contributed by atoms with van der Waals surface area (Å²) in [5.74, 6) is -1.02. The maximum absolute atomic E-state index is 13.0. The van der Waals surface area contributed by atoms with E-state index in [0.29, 0.717) is 36.8 Å². The number of aromatic carboxylic acids is 1. The van der Waals surface area contributed by atoms with Gasteiger partial charge in [0.15, 0.2) is 0 Å². The second kappa shape index (κ2) is 9.40. The second-order valence-corrected chi connectivity index (χ2v) is 8.85. The summed E-state index contributed by atoms with van der Waals surface area (Å²) in [7, 11) is -3.56. The van der Waals surface area contributed by atoms with Crippen LogP contribution in [0, 0.1) is 0 Å². The summed E-state index contributed by atoms with van der Waals surface area (Å²) < 4.78 is 27.5. The van der Waals surface area contributed by atoms with Crippen LogP contribution in [-0.2, 0) is 10.0 Å². The molecule has 0 atom stereocenters. The summed E-state index contributed by atoms with van der Waals surface area (Å²) in [6, 6.07) is 12.8. The topological polar surface area (TPSA) is 115 Å². The van der Waals surface area contributed by atoms with Crippen LogP contribution < -0.4 is 40.0 Å². The van der Waals surface area contributed by atoms with Crippen LogP contribution in [0.2, 0.25) is 0 Å². The zero-order valence-corrected chi connectivity index (χ0v) is 19.3. The van der Waals surface area contributed by atoms with Crippen LogP contribution in [0.4, 0.5) is 5.95 Å². The van der Waals surface area contributed by atoms with Crippen molar-refractivity contribution in [1.29, 1.82) is 0 Å². The van der Waals surface area contributed by atoms with E-state index in [0.717, 1.165) is 10.8 Å². The minimum atomic E-state index is -3.56. The summed E-state index contributed by atoms with van der Waals surface area (Å²) >= 11 is 0. The minimum absolute atomic E-state index is 0. The summed E-state index contributed by atoms with van der Waals surface area (Å²) in [4.78, 5) is 19.0. The Morgan fingerprint density at radius 3 is 2.30 bits per heavy atom. The molecule has 30 heavy (non-hydrogen) atoms. The fraction of sp³-hybridized carbons (Fsp3) is 0.250. The fourth-order valence-electron chi connectivity index (χ4n) is 3.41. The molecule has 10 heteroatoms. The minimum Gasteiger partial charge on any atom is -0.545 e. The molecule has 0 saturated carbocycles. The summed E-state index contributed by atoms with van der Waals surface area (Å²) in [5.41, 5.74) is -0.0909. The number of hydrogen-bond acceptors (Lipinski definition) is 7. The maximum atomic E-state index is 13.0. The molecule has 2 heterocycles. The van der Waals surface area contributed by atoms with Gasteiger partial charge >= 0.3 is 29.6 Å². The van der Waals surface area contributed by atoms with Gasteiger partial charge < -0.3 is 15.2 Å². The summed E-state index contributed by atoms with van der Waals surface area (Å²) in [6.07, 6.45) is 3.56. The Morgan fingerprint density at radius 1 is 1.03 bits per heavy atom. The molecule has 3 aromatic rings. The predicted molar refractivity (Wildman–Crippen MR) is 106 cm³/mol. The molecule has 4 rings (SSSR count). The molecular weight excluding hydrogens is 415 g/mol. The first-order chi connectivity index (χ1) is 13.9. The molecule has 0 aliphatic carbocycles. The number of aromatic nitrogens is 2. The Kier molecular flexibility index (Phi) is 7.10. The van der Waals surface area contributed by atoms with Crippen LogP contribution in [0.25, 0.3) is 10.8 Å². The first-order valence-corrected chi connectivity index (χ1v) is 10.7. The van der Waals surface area contributed by atoms with E-state index >= 15 is 0 Å². The average molecular weight is 434 g/mol. The normalized spacial score (nSPS) is 15.5. The number of fused-ring (bicyclic) bond motifs is 1. The van der Waals surface area contributed by atoms with Crippen molar-refractivity contribution >= 4 is 32.7 Å². The van der Waals surface area contributed by atoms with Crippen molar-refractivity contribution in [3.8, 4) is 0 Å². The van der Waals surface area contributed by atoms with Crippen LogP contribution in [0.15, 0.2) is 59.8 Å². The largest absolute Gasteiger partial charge is 1.00 e. The van der Waals surface area contributed by atoms with Gasteiger partial charge in [-0.1, -0.05) is 30.3 Å². The fourth-order valence-corrected chi connectivity index (χ4v) is 4.91. The van der Waals surface area contributed by atoms with E-state index in [9.17, 15) is 18.3 Å². The molecule has 0 spiro atoms. The second-order valence-electron chi connectivity index (χ2n) is 6.91. The van der Waals surface area contributed by atoms with Crippen molar-refractivity contribution in [2.75, 3.05) is 18.4 Å². The van der Waals surface area contributed by atoms with Gasteiger partial charge in [0.1, 0.15) is 0 Å². The zero-order chi connectivity index (χ0) is 20.4. The van der Waals surface area contributed by atoms with E-state index in [4.69, 9.17) is 0 Å². The van der Waals surface area contributed by atoms with Crippen molar-refractivity contribution in [2.24, 2.45) is 0 Å². The van der Waals surface area contributed by atoms with Crippen LogP contribution in [0.5, 0.6) is 0 Å². The number of hydrogen-bond donors (Lipinski definition) is 1. The molecule has 0 radical (unpaired) electrons. The van der Waals surface area contributed by atoms with E-state index in [2.05, 4.69) is 15.3 Å². The van der Waals surface area contributed by atoms with Crippen LogP contribution in [0.3, 0.4) is 0 Å². The van der Waals surface area contributed by atoms with Gasteiger partial charge in [-0.05, 0) is 35.7 Å². The maximum Gasteiger partial charge on any atom is 1.00 e. The summed E-state index contributed by atoms with van der Waals surface area (Å²) in [5, 5.41) is 15.8. The van der Waals surface area contributed by atoms with Gasteiger partial charge in [-0.2, -0.15) is 4.31 Å². The zero-order valence-electron chi connectivity index (χ0n) is 16.5. The monoisotopic (exact) mass is 434 g/mol. The molecule has 1 N–H and O–H groups in total. The Bertz CT molecular complexity index is 1150. The SMILES string of the molecule is O=C([O-])c1cnc(NC2CCN(S(=O)(=O)c3ccc4ccccc4c3)CC2)nc1.[Na+]. The Morgan fingerprint density at radius 2 is 1.67 bits per heavy atom. The third-order valence-electron chi connectivity index (χ3n) is 5.03. The van der Waals surface area contributed by atoms with Crippen molar-refractivity contribution in [1.82, 2.24) is 14.3 Å². The van der Waals surface area contributed by atoms with E-state index in [1.54, 1.807) is 12.1 Å². The average Bonchev–Trinajstić information content (AvgIpc) is 2.74. The molecule has 0 amide bonds. The van der Waals surface area contributed by atoms with Gasteiger partial charge in [-0.3, -0.25) is 0 Å². The molecule has 1 aromatic heterocycles. The number of sulfonamides is 1. The number of piperidine rings is 1. The van der Waals surface area contributed by atoms with Crippen LogP contribution >= 0.6 is 0 Å². The molecule has 8 nitrogen and oxygen atoms in total. The van der Waals surface area contributed by atoms with E-state index in [1.807, 2.05) is 30.3 Å². The van der Waals surface area contributed by atoms with Crippen molar-refractivity contribution < 1.29 is 47.9 Å². The molecule has 1 aliphatic heterocycles. The van der Waals surface area contributed by atoms with E-state index < -0.39 is 16.0 Å². The Labute approximate surface area is 196 Å². The number of nitrogens with one attached hydrogen (secondary N) is 1. The number of rotatable bonds is 5. The Balaban J connectivity index is 0.00000256. The molecule has 1 fully saturated rings. The molecule has 1 aliphatic rings. The van der Waals surface area contributed by atoms with Crippen molar-refractivity contribution in [3.05, 3.63) is 60.4 Å². The van der Waals surface area contributed by atoms with Crippen molar-refractivity contribution in [2.45, 2.75) is 23.8 Å². The summed E-state index contributed by atoms with van der Waals surface area (Å²) in [6.45, 7) is 0.758. The molecular formula is C20H19N4NaO4S. The number of benzene rings is 2. The Hall–Kier alpha value is -2.04. The van der Waals surface area contributed by atoms with Crippen molar-refractivity contribution in [3.63, 3.8) is 0 Å². The number of carboxylic acids is 1. The first-order valence-electron chi connectivity index (χ1n) is 9.22. The predicted octanol–water partition coefficient (Wildman–Crippen LogP) is -1.74. The van der Waals surface area contributed by atoms with E-state index in [1.165, 1.54) is 16.7 Å². The third-order valence-corrected chi connectivity index (χ3v) is 6.93. The number of carboxylic acid groups (broad SMARTS) is 1. The van der Waals surface area contributed by atoms with Crippen LogP contribution in [0.1, 0.15) is 23.2 Å². The standard InChI is InChI=1S/C20H20N4O4S.Na/c25-19(26)16-12-21-20(22-13-16)23-17-7-9-24(10-8-17)29(27,28)18-6-5-14-3-1-2-4-15(14)11-18;/h1-6,11-13,17H,7-10H2,(H,25,26)(H,21,22,23);/q;+1/p-1. The number of carbonyl (C=O) groups is 1. The van der Waals surface area contributed by atoms with Gasteiger partial charge in [-0.25, -0.2) is 18.4 Å². The first kappa shape index (κ1) is 22.6. The number of anilines is 1. The molecule has 2 aromatic carbocycles. The molecule has 0 bridgehead atoms. The van der Waals surface area contributed by atoms with Gasteiger partial charge in [0.25, 0.3) is 0 Å². The molecule has 1 saturated heterocycles. The molecule has 0 unspecified atom stereocenters.